The van der Waals surface area contributed by atoms with Crippen molar-refractivity contribution in [1.29, 1.82) is 0 Å². The van der Waals surface area contributed by atoms with Crippen LogP contribution in [-0.2, 0) is 22.9 Å². The van der Waals surface area contributed by atoms with Crippen molar-refractivity contribution in [2.75, 3.05) is 4.72 Å². The van der Waals surface area contributed by atoms with Gasteiger partial charge < -0.3 is 5.32 Å². The van der Waals surface area contributed by atoms with E-state index >= 15 is 0 Å². The molecule has 0 spiro atoms. The molecule has 1 aliphatic carbocycles. The number of carbonyl (C=O) groups is 1. The zero-order chi connectivity index (χ0) is 25.2. The van der Waals surface area contributed by atoms with Gasteiger partial charge in [0, 0.05) is 5.56 Å². The maximum absolute atomic E-state index is 13.3. The molecule has 2 N–H and O–H groups in total. The molecule has 1 unspecified atom stereocenters. The Bertz CT molecular complexity index is 1360. The normalized spacial score (nSPS) is 14.2. The quantitative estimate of drug-likeness (QED) is 0.416. The first kappa shape index (κ1) is 25.0. The van der Waals surface area contributed by atoms with Gasteiger partial charge in [0.05, 0.1) is 16.6 Å². The highest BCUT2D eigenvalue weighted by atomic mass is 32.2. The second-order valence-electron chi connectivity index (χ2n) is 9.57. The summed E-state index contributed by atoms with van der Waals surface area (Å²) in [6.45, 7) is 7.56. The van der Waals surface area contributed by atoms with E-state index in [-0.39, 0.29) is 16.8 Å². The molecule has 3 aromatic carbocycles. The number of hydrogen-bond acceptors (Lipinski definition) is 3. The average molecular weight is 491 g/mol. The third-order valence-corrected chi connectivity index (χ3v) is 8.37. The number of sulfonamides is 1. The molecule has 1 atom stereocenters. The Morgan fingerprint density at radius 2 is 1.60 bits per heavy atom. The number of amides is 1. The Hall–Kier alpha value is -3.12. The van der Waals surface area contributed by atoms with Gasteiger partial charge in [-0.05, 0) is 104 Å². The summed E-state index contributed by atoms with van der Waals surface area (Å²) in [6.07, 6.45) is 5.39. The molecule has 3 aromatic rings. The van der Waals surface area contributed by atoms with Crippen molar-refractivity contribution in [3.63, 3.8) is 0 Å². The summed E-state index contributed by atoms with van der Waals surface area (Å²) in [7, 11) is -3.87. The highest BCUT2D eigenvalue weighted by molar-refractivity contribution is 7.92. The van der Waals surface area contributed by atoms with Crippen LogP contribution in [0.25, 0.3) is 0 Å². The van der Waals surface area contributed by atoms with Crippen molar-refractivity contribution in [3.8, 4) is 0 Å². The number of rotatable bonds is 7. The van der Waals surface area contributed by atoms with Gasteiger partial charge in [0.2, 0.25) is 0 Å². The Balaban J connectivity index is 1.57. The predicted molar refractivity (Wildman–Crippen MR) is 141 cm³/mol. The molecular weight excluding hydrogens is 456 g/mol. The highest BCUT2D eigenvalue weighted by Gasteiger charge is 2.22. The predicted octanol–water partition coefficient (Wildman–Crippen LogP) is 6.17. The molecule has 0 heterocycles. The first-order chi connectivity index (χ1) is 16.7. The molecule has 0 radical (unpaired) electrons. The minimum absolute atomic E-state index is 0.105. The zero-order valence-corrected chi connectivity index (χ0v) is 21.8. The van der Waals surface area contributed by atoms with Crippen LogP contribution in [0.4, 0.5) is 5.69 Å². The maximum Gasteiger partial charge on any atom is 0.262 e. The Kier molecular flexibility index (Phi) is 7.31. The lowest BCUT2D eigenvalue weighted by molar-refractivity contribution is 0.0935. The fourth-order valence-corrected chi connectivity index (χ4v) is 6.10. The molecular formula is C29H34N2O3S. The van der Waals surface area contributed by atoms with Gasteiger partial charge in [0.25, 0.3) is 15.9 Å². The SMILES string of the molecule is CCC(NC(=O)c1ccc(C)c(S(=O)(=O)Nc2cc(C)ccc2C)c1)c1ccc2c(c1)CCCC2. The summed E-state index contributed by atoms with van der Waals surface area (Å²) >= 11 is 0. The number of nitrogens with one attached hydrogen (secondary N) is 2. The lowest BCUT2D eigenvalue weighted by Crippen LogP contribution is -2.28. The van der Waals surface area contributed by atoms with Crippen LogP contribution in [0.2, 0.25) is 0 Å². The molecule has 5 nitrogen and oxygen atoms in total. The first-order valence-corrected chi connectivity index (χ1v) is 13.8. The van der Waals surface area contributed by atoms with E-state index in [9.17, 15) is 13.2 Å². The van der Waals surface area contributed by atoms with Gasteiger partial charge in [-0.1, -0.05) is 43.3 Å². The summed E-state index contributed by atoms with van der Waals surface area (Å²) in [5, 5.41) is 3.12. The third-order valence-electron chi connectivity index (χ3n) is 6.87. The number of benzene rings is 3. The van der Waals surface area contributed by atoms with Gasteiger partial charge in [-0.2, -0.15) is 0 Å². The minimum Gasteiger partial charge on any atom is -0.345 e. The van der Waals surface area contributed by atoms with Crippen LogP contribution >= 0.6 is 0 Å². The molecule has 0 fully saturated rings. The molecule has 184 valence electrons. The smallest absolute Gasteiger partial charge is 0.262 e. The summed E-state index contributed by atoms with van der Waals surface area (Å²) in [6, 6.07) is 16.9. The van der Waals surface area contributed by atoms with Crippen LogP contribution < -0.4 is 10.0 Å². The van der Waals surface area contributed by atoms with Crippen LogP contribution in [-0.4, -0.2) is 14.3 Å². The summed E-state index contributed by atoms with van der Waals surface area (Å²) < 4.78 is 29.2. The standard InChI is InChI=1S/C29H34N2O3S/c1-5-26(24-15-14-22-8-6-7-9-23(22)17-24)30-29(32)25-13-12-21(4)28(18-25)35(33,34)31-27-16-19(2)10-11-20(27)3/h10-18,26,31H,5-9H2,1-4H3,(H,30,32). The van der Waals surface area contributed by atoms with E-state index in [1.807, 2.05) is 39.0 Å². The van der Waals surface area contributed by atoms with Crippen molar-refractivity contribution in [2.24, 2.45) is 0 Å². The molecule has 4 rings (SSSR count). The number of carbonyl (C=O) groups excluding carboxylic acids is 1. The molecule has 1 aliphatic rings. The Morgan fingerprint density at radius 3 is 2.34 bits per heavy atom. The summed E-state index contributed by atoms with van der Waals surface area (Å²) in [5.41, 5.74) is 7.13. The lowest BCUT2D eigenvalue weighted by atomic mass is 9.88. The molecule has 1 amide bonds. The lowest BCUT2D eigenvalue weighted by Gasteiger charge is -2.22. The van der Waals surface area contributed by atoms with Gasteiger partial charge in [-0.3, -0.25) is 9.52 Å². The van der Waals surface area contributed by atoms with Gasteiger partial charge in [-0.15, -0.1) is 0 Å². The molecule has 0 aromatic heterocycles. The van der Waals surface area contributed by atoms with Crippen LogP contribution in [0, 0.1) is 20.8 Å². The van der Waals surface area contributed by atoms with Crippen molar-refractivity contribution in [2.45, 2.75) is 70.7 Å². The Labute approximate surface area is 209 Å². The number of aryl methyl sites for hydroxylation is 5. The molecule has 0 aliphatic heterocycles. The average Bonchev–Trinajstić information content (AvgIpc) is 2.84. The molecule has 0 saturated carbocycles. The third kappa shape index (κ3) is 5.59. The van der Waals surface area contributed by atoms with Crippen molar-refractivity contribution in [3.05, 3.63) is 93.5 Å². The van der Waals surface area contributed by atoms with E-state index in [2.05, 4.69) is 28.2 Å². The van der Waals surface area contributed by atoms with E-state index in [1.54, 1.807) is 19.1 Å². The number of anilines is 1. The second kappa shape index (κ2) is 10.2. The van der Waals surface area contributed by atoms with Gasteiger partial charge >= 0.3 is 0 Å². The largest absolute Gasteiger partial charge is 0.345 e. The van der Waals surface area contributed by atoms with E-state index in [0.29, 0.717) is 16.8 Å². The Morgan fingerprint density at radius 1 is 0.886 bits per heavy atom. The molecule has 0 bridgehead atoms. The van der Waals surface area contributed by atoms with Crippen molar-refractivity contribution < 1.29 is 13.2 Å². The van der Waals surface area contributed by atoms with Gasteiger partial charge in [0.1, 0.15) is 0 Å². The van der Waals surface area contributed by atoms with E-state index in [1.165, 1.54) is 30.0 Å². The number of fused-ring (bicyclic) bond motifs is 1. The monoisotopic (exact) mass is 490 g/mol. The molecule has 0 saturated heterocycles. The van der Waals surface area contributed by atoms with Crippen molar-refractivity contribution in [1.82, 2.24) is 5.32 Å². The van der Waals surface area contributed by atoms with Crippen LogP contribution in [0.1, 0.15) is 76.0 Å². The summed E-state index contributed by atoms with van der Waals surface area (Å²) in [5.74, 6) is -0.280. The van der Waals surface area contributed by atoms with Crippen LogP contribution in [0.3, 0.4) is 0 Å². The minimum atomic E-state index is -3.87. The fourth-order valence-electron chi connectivity index (χ4n) is 4.71. The van der Waals surface area contributed by atoms with Crippen LogP contribution in [0.5, 0.6) is 0 Å². The fraction of sp³-hybridized carbons (Fsp3) is 0.345. The zero-order valence-electron chi connectivity index (χ0n) is 20.9. The van der Waals surface area contributed by atoms with E-state index in [4.69, 9.17) is 0 Å². The van der Waals surface area contributed by atoms with Gasteiger partial charge in [0.15, 0.2) is 0 Å². The number of hydrogen-bond donors (Lipinski definition) is 2. The first-order valence-electron chi connectivity index (χ1n) is 12.3. The summed E-state index contributed by atoms with van der Waals surface area (Å²) in [4.78, 5) is 13.3. The maximum atomic E-state index is 13.3. The topological polar surface area (TPSA) is 75.3 Å². The second-order valence-corrected chi connectivity index (χ2v) is 11.2. The van der Waals surface area contributed by atoms with E-state index in [0.717, 1.165) is 36.0 Å². The van der Waals surface area contributed by atoms with Crippen molar-refractivity contribution >= 4 is 21.6 Å². The molecule has 35 heavy (non-hydrogen) atoms. The molecule has 6 heteroatoms. The van der Waals surface area contributed by atoms with Gasteiger partial charge in [-0.25, -0.2) is 8.42 Å². The van der Waals surface area contributed by atoms with Crippen LogP contribution in [0.15, 0.2) is 59.5 Å². The van der Waals surface area contributed by atoms with E-state index < -0.39 is 10.0 Å². The highest BCUT2D eigenvalue weighted by Crippen LogP contribution is 2.27.